The fraction of sp³-hybridized carbons (Fsp3) is 0.188. The number of nitrogens with zero attached hydrogens (tertiary/aromatic N) is 3. The Bertz CT molecular complexity index is 802. The van der Waals surface area contributed by atoms with Gasteiger partial charge in [0.25, 0.3) is 0 Å². The SMILES string of the molecule is CSc1ccc(Nc2nccc(-c3c(SC)noc3C)n2)cc1. The molecule has 7 heteroatoms. The molecule has 2 aromatic heterocycles. The summed E-state index contributed by atoms with van der Waals surface area (Å²) < 4.78 is 5.27. The van der Waals surface area contributed by atoms with E-state index in [1.807, 2.05) is 31.4 Å². The average Bonchev–Trinajstić information content (AvgIpc) is 2.96. The molecule has 0 amide bonds. The van der Waals surface area contributed by atoms with Crippen LogP contribution >= 0.6 is 23.5 Å². The largest absolute Gasteiger partial charge is 0.360 e. The lowest BCUT2D eigenvalue weighted by molar-refractivity contribution is 0.384. The Kier molecular flexibility index (Phi) is 4.88. The Balaban J connectivity index is 1.88. The van der Waals surface area contributed by atoms with E-state index in [0.29, 0.717) is 5.95 Å². The molecule has 5 nitrogen and oxygen atoms in total. The lowest BCUT2D eigenvalue weighted by Gasteiger charge is -2.07. The van der Waals surface area contributed by atoms with Crippen molar-refractivity contribution in [1.29, 1.82) is 0 Å². The van der Waals surface area contributed by atoms with Gasteiger partial charge >= 0.3 is 0 Å². The van der Waals surface area contributed by atoms with Crippen molar-refractivity contribution in [3.63, 3.8) is 0 Å². The molecule has 1 N–H and O–H groups in total. The van der Waals surface area contributed by atoms with Gasteiger partial charge < -0.3 is 9.84 Å². The standard InChI is InChI=1S/C16H16N4OS2/c1-10-14(15(23-3)20-21-10)13-8-9-17-16(19-13)18-11-4-6-12(22-2)7-5-11/h4-9H,1-3H3,(H,17,18,19). The smallest absolute Gasteiger partial charge is 0.227 e. The molecule has 0 radical (unpaired) electrons. The van der Waals surface area contributed by atoms with Crippen LogP contribution in [-0.4, -0.2) is 27.6 Å². The summed E-state index contributed by atoms with van der Waals surface area (Å²) in [6.07, 6.45) is 5.76. The van der Waals surface area contributed by atoms with Gasteiger partial charge in [-0.3, -0.25) is 0 Å². The molecular weight excluding hydrogens is 328 g/mol. The topological polar surface area (TPSA) is 63.8 Å². The average molecular weight is 344 g/mol. The third kappa shape index (κ3) is 3.51. The van der Waals surface area contributed by atoms with Gasteiger partial charge in [0.1, 0.15) is 10.8 Å². The van der Waals surface area contributed by atoms with E-state index < -0.39 is 0 Å². The van der Waals surface area contributed by atoms with Crippen molar-refractivity contribution >= 4 is 35.2 Å². The maximum absolute atomic E-state index is 5.27. The summed E-state index contributed by atoms with van der Waals surface area (Å²) in [5, 5.41) is 8.10. The van der Waals surface area contributed by atoms with Gasteiger partial charge in [-0.25, -0.2) is 9.97 Å². The minimum absolute atomic E-state index is 0.548. The van der Waals surface area contributed by atoms with Crippen LogP contribution < -0.4 is 5.32 Å². The van der Waals surface area contributed by atoms with Crippen molar-refractivity contribution in [3.8, 4) is 11.3 Å². The second-order valence-electron chi connectivity index (χ2n) is 4.74. The number of benzene rings is 1. The summed E-state index contributed by atoms with van der Waals surface area (Å²) in [6, 6.07) is 10.0. The van der Waals surface area contributed by atoms with Crippen LogP contribution in [0.25, 0.3) is 11.3 Å². The molecule has 23 heavy (non-hydrogen) atoms. The second kappa shape index (κ2) is 7.06. The molecule has 0 bridgehead atoms. The zero-order valence-corrected chi connectivity index (χ0v) is 14.7. The van der Waals surface area contributed by atoms with Crippen LogP contribution in [0.2, 0.25) is 0 Å². The minimum atomic E-state index is 0.548. The van der Waals surface area contributed by atoms with Crippen LogP contribution in [0.5, 0.6) is 0 Å². The summed E-state index contributed by atoms with van der Waals surface area (Å²) >= 11 is 3.25. The number of thioether (sulfide) groups is 2. The van der Waals surface area contributed by atoms with E-state index in [0.717, 1.165) is 27.7 Å². The fourth-order valence-electron chi connectivity index (χ4n) is 2.14. The quantitative estimate of drug-likeness (QED) is 0.677. The number of hydrogen-bond acceptors (Lipinski definition) is 7. The number of nitrogens with one attached hydrogen (secondary N) is 1. The summed E-state index contributed by atoms with van der Waals surface area (Å²) in [4.78, 5) is 10.1. The van der Waals surface area contributed by atoms with Crippen molar-refractivity contribution in [2.24, 2.45) is 0 Å². The highest BCUT2D eigenvalue weighted by atomic mass is 32.2. The van der Waals surface area contributed by atoms with E-state index in [4.69, 9.17) is 4.52 Å². The van der Waals surface area contributed by atoms with Crippen molar-refractivity contribution < 1.29 is 4.52 Å². The van der Waals surface area contributed by atoms with Crippen LogP contribution in [0.15, 0.2) is 51.0 Å². The highest BCUT2D eigenvalue weighted by molar-refractivity contribution is 7.98. The zero-order chi connectivity index (χ0) is 16.2. The third-order valence-corrected chi connectivity index (χ3v) is 4.69. The number of aryl methyl sites for hydroxylation is 1. The van der Waals surface area contributed by atoms with Crippen LogP contribution in [-0.2, 0) is 0 Å². The second-order valence-corrected chi connectivity index (χ2v) is 6.42. The molecule has 0 spiro atoms. The Morgan fingerprint density at radius 2 is 1.83 bits per heavy atom. The minimum Gasteiger partial charge on any atom is -0.360 e. The fourth-order valence-corrected chi connectivity index (χ4v) is 3.12. The molecule has 0 unspecified atom stereocenters. The van der Waals surface area contributed by atoms with Gasteiger partial charge in [-0.05, 0) is 49.8 Å². The number of aromatic nitrogens is 3. The maximum atomic E-state index is 5.27. The molecule has 0 fully saturated rings. The first-order valence-corrected chi connectivity index (χ1v) is 9.41. The highest BCUT2D eigenvalue weighted by Crippen LogP contribution is 2.31. The van der Waals surface area contributed by atoms with E-state index in [2.05, 4.69) is 38.8 Å². The predicted molar refractivity (Wildman–Crippen MR) is 95.6 cm³/mol. The van der Waals surface area contributed by atoms with Gasteiger partial charge in [0.15, 0.2) is 0 Å². The lowest BCUT2D eigenvalue weighted by atomic mass is 10.2. The van der Waals surface area contributed by atoms with Gasteiger partial charge in [0.2, 0.25) is 5.95 Å². The van der Waals surface area contributed by atoms with Crippen molar-refractivity contribution in [2.45, 2.75) is 16.8 Å². The number of rotatable bonds is 5. The predicted octanol–water partition coefficient (Wildman–Crippen LogP) is 4.63. The zero-order valence-electron chi connectivity index (χ0n) is 13.0. The maximum Gasteiger partial charge on any atom is 0.227 e. The van der Waals surface area contributed by atoms with Crippen LogP contribution in [0, 0.1) is 6.92 Å². The normalized spacial score (nSPS) is 10.7. The third-order valence-electron chi connectivity index (χ3n) is 3.28. The van der Waals surface area contributed by atoms with Gasteiger partial charge in [-0.15, -0.1) is 23.5 Å². The van der Waals surface area contributed by atoms with E-state index in [1.165, 1.54) is 16.7 Å². The Morgan fingerprint density at radius 1 is 1.04 bits per heavy atom. The number of hydrogen-bond donors (Lipinski definition) is 1. The summed E-state index contributed by atoms with van der Waals surface area (Å²) in [6.45, 7) is 1.89. The van der Waals surface area contributed by atoms with Gasteiger partial charge in [0, 0.05) is 16.8 Å². The summed E-state index contributed by atoms with van der Waals surface area (Å²) in [7, 11) is 0. The molecular formula is C16H16N4OS2. The Hall–Kier alpha value is -1.99. The molecule has 0 aliphatic heterocycles. The van der Waals surface area contributed by atoms with Gasteiger partial charge in [-0.1, -0.05) is 5.16 Å². The molecule has 118 valence electrons. The lowest BCUT2D eigenvalue weighted by Crippen LogP contribution is -1.98. The molecule has 0 saturated heterocycles. The van der Waals surface area contributed by atoms with Crippen molar-refractivity contribution in [2.75, 3.05) is 17.8 Å². The first kappa shape index (κ1) is 15.9. The molecule has 3 aromatic rings. The summed E-state index contributed by atoms with van der Waals surface area (Å²) in [5.74, 6) is 1.30. The van der Waals surface area contributed by atoms with Gasteiger partial charge in [0.05, 0.1) is 11.3 Å². The molecule has 0 saturated carbocycles. The van der Waals surface area contributed by atoms with Crippen LogP contribution in [0.3, 0.4) is 0 Å². The molecule has 3 rings (SSSR count). The highest BCUT2D eigenvalue weighted by Gasteiger charge is 2.16. The summed E-state index contributed by atoms with van der Waals surface area (Å²) in [5.41, 5.74) is 2.67. The van der Waals surface area contributed by atoms with Crippen molar-refractivity contribution in [1.82, 2.24) is 15.1 Å². The van der Waals surface area contributed by atoms with E-state index in [-0.39, 0.29) is 0 Å². The molecule has 0 aliphatic carbocycles. The monoisotopic (exact) mass is 344 g/mol. The molecule has 2 heterocycles. The Morgan fingerprint density at radius 3 is 2.52 bits per heavy atom. The Labute approximate surface area is 143 Å². The number of anilines is 2. The van der Waals surface area contributed by atoms with E-state index in [1.54, 1.807) is 18.0 Å². The van der Waals surface area contributed by atoms with E-state index in [9.17, 15) is 0 Å². The van der Waals surface area contributed by atoms with E-state index >= 15 is 0 Å². The van der Waals surface area contributed by atoms with Crippen LogP contribution in [0.1, 0.15) is 5.76 Å². The first-order valence-electron chi connectivity index (χ1n) is 6.96. The molecule has 1 aromatic carbocycles. The van der Waals surface area contributed by atoms with Crippen molar-refractivity contribution in [3.05, 3.63) is 42.3 Å². The van der Waals surface area contributed by atoms with Gasteiger partial charge in [-0.2, -0.15) is 0 Å². The molecule has 0 aliphatic rings. The van der Waals surface area contributed by atoms with Crippen LogP contribution in [0.4, 0.5) is 11.6 Å². The molecule has 0 atom stereocenters. The first-order chi connectivity index (χ1) is 11.2.